The molecule has 0 aliphatic carbocycles. The van der Waals surface area contributed by atoms with E-state index in [2.05, 4.69) is 9.57 Å². The molecule has 0 saturated carbocycles. The van der Waals surface area contributed by atoms with Gasteiger partial charge in [-0.3, -0.25) is 9.63 Å². The van der Waals surface area contributed by atoms with Crippen LogP contribution in [0.1, 0.15) is 19.8 Å². The number of aliphatic hydroxyl groups excluding tert-OH is 2. The van der Waals surface area contributed by atoms with Gasteiger partial charge < -0.3 is 14.9 Å². The minimum Gasteiger partial charge on any atom is -0.431 e. The van der Waals surface area contributed by atoms with Gasteiger partial charge in [0.2, 0.25) is 6.29 Å². The van der Waals surface area contributed by atoms with Crippen LogP contribution in [0.15, 0.2) is 0 Å². The fourth-order valence-corrected chi connectivity index (χ4v) is 0.676. The summed E-state index contributed by atoms with van der Waals surface area (Å²) in [5, 5.41) is 17.5. The Morgan fingerprint density at radius 3 is 2.62 bits per heavy atom. The summed E-state index contributed by atoms with van der Waals surface area (Å²) in [7, 11) is 0. The van der Waals surface area contributed by atoms with E-state index in [-0.39, 0.29) is 6.42 Å². The quantitative estimate of drug-likeness (QED) is 0.281. The van der Waals surface area contributed by atoms with Crippen LogP contribution in [0.2, 0.25) is 0 Å². The van der Waals surface area contributed by atoms with E-state index >= 15 is 0 Å². The molecule has 4 N–H and O–H groups in total. The maximum absolute atomic E-state index is 10.9. The van der Waals surface area contributed by atoms with Crippen LogP contribution in [0.25, 0.3) is 0 Å². The number of carbonyl (C=O) groups excluding carboxylic acids is 1. The van der Waals surface area contributed by atoms with Crippen molar-refractivity contribution in [3.05, 3.63) is 0 Å². The molecule has 0 bridgehead atoms. The summed E-state index contributed by atoms with van der Waals surface area (Å²) in [6.45, 7) is 1.23. The van der Waals surface area contributed by atoms with Gasteiger partial charge in [-0.1, -0.05) is 6.92 Å². The molecule has 6 nitrogen and oxygen atoms in total. The number of aliphatic hydroxyl groups is 2. The summed E-state index contributed by atoms with van der Waals surface area (Å²) in [5.41, 5.74) is 0. The van der Waals surface area contributed by atoms with Crippen LogP contribution in [0, 0.1) is 0 Å². The van der Waals surface area contributed by atoms with E-state index in [9.17, 15) is 4.79 Å². The second kappa shape index (κ2) is 6.79. The van der Waals surface area contributed by atoms with E-state index in [4.69, 9.17) is 16.1 Å². The Hall–Kier alpha value is -0.690. The van der Waals surface area contributed by atoms with Crippen LogP contribution in [0.3, 0.4) is 0 Å². The minimum absolute atomic E-state index is 0.220. The predicted molar refractivity (Wildman–Crippen MR) is 43.2 cm³/mol. The monoisotopic (exact) mass is 193 g/mol. The molecule has 0 aromatic rings. The number of hydrogen-bond donors (Lipinski definition) is 3. The van der Waals surface area contributed by atoms with E-state index in [1.165, 1.54) is 0 Å². The molecular formula is C7H15NO5. The van der Waals surface area contributed by atoms with Crippen molar-refractivity contribution in [1.29, 1.82) is 0 Å². The molecule has 0 fully saturated rings. The average Bonchev–Trinajstić information content (AvgIpc) is 2.13. The third-order valence-electron chi connectivity index (χ3n) is 1.34. The first-order valence-corrected chi connectivity index (χ1v) is 3.99. The summed E-state index contributed by atoms with van der Waals surface area (Å²) in [6.07, 6.45) is -1.77. The first kappa shape index (κ1) is 12.3. The summed E-state index contributed by atoms with van der Waals surface area (Å²) in [4.78, 5) is 15.0. The average molecular weight is 193 g/mol. The van der Waals surface area contributed by atoms with Gasteiger partial charge in [0.25, 0.3) is 0 Å². The number of hydrogen-bond acceptors (Lipinski definition) is 6. The van der Waals surface area contributed by atoms with Gasteiger partial charge >= 0.3 is 5.97 Å². The van der Waals surface area contributed by atoms with Crippen molar-refractivity contribution in [3.63, 3.8) is 0 Å². The largest absolute Gasteiger partial charge is 0.431 e. The number of nitrogens with two attached hydrogens (primary N) is 1. The van der Waals surface area contributed by atoms with E-state index in [1.54, 1.807) is 0 Å². The van der Waals surface area contributed by atoms with Crippen LogP contribution in [-0.4, -0.2) is 35.2 Å². The fraction of sp³-hybridized carbons (Fsp3) is 0.857. The summed E-state index contributed by atoms with van der Waals surface area (Å²) < 4.78 is 4.60. The van der Waals surface area contributed by atoms with E-state index in [0.29, 0.717) is 6.42 Å². The molecule has 0 saturated heterocycles. The van der Waals surface area contributed by atoms with Gasteiger partial charge in [-0.15, -0.1) is 0 Å². The van der Waals surface area contributed by atoms with Gasteiger partial charge in [-0.25, -0.2) is 5.90 Å². The van der Waals surface area contributed by atoms with Gasteiger partial charge in [0, 0.05) is 6.42 Å². The van der Waals surface area contributed by atoms with Crippen LogP contribution in [0.4, 0.5) is 0 Å². The summed E-state index contributed by atoms with van der Waals surface area (Å²) in [6, 6.07) is 0. The highest BCUT2D eigenvalue weighted by atomic mass is 16.8. The van der Waals surface area contributed by atoms with Crippen LogP contribution in [-0.2, 0) is 14.4 Å². The van der Waals surface area contributed by atoms with Crippen molar-refractivity contribution >= 4 is 5.97 Å². The topological polar surface area (TPSA) is 102 Å². The van der Waals surface area contributed by atoms with Crippen LogP contribution >= 0.6 is 0 Å². The standard InChI is InChI=1S/C7H15NO5/c1-2-3-6(11)12-7(13-8)5(10)4-9/h5,7,9-10H,2-4,8H2,1H3. The van der Waals surface area contributed by atoms with Crippen molar-refractivity contribution in [2.24, 2.45) is 5.90 Å². The molecule has 0 aromatic carbocycles. The van der Waals surface area contributed by atoms with Crippen molar-refractivity contribution in [2.75, 3.05) is 6.61 Å². The Morgan fingerprint density at radius 2 is 2.23 bits per heavy atom. The molecule has 6 heteroatoms. The lowest BCUT2D eigenvalue weighted by molar-refractivity contribution is -0.209. The Morgan fingerprint density at radius 1 is 1.62 bits per heavy atom. The van der Waals surface area contributed by atoms with E-state index < -0.39 is 25.0 Å². The van der Waals surface area contributed by atoms with Gasteiger partial charge in [0.15, 0.2) is 0 Å². The lowest BCUT2D eigenvalue weighted by atomic mass is 10.3. The third kappa shape index (κ3) is 4.79. The fourth-order valence-electron chi connectivity index (χ4n) is 0.676. The minimum atomic E-state index is -1.31. The molecule has 0 aliphatic rings. The smallest absolute Gasteiger partial charge is 0.308 e. The second-order valence-corrected chi connectivity index (χ2v) is 2.49. The lowest BCUT2D eigenvalue weighted by Gasteiger charge is -2.18. The number of esters is 1. The zero-order chi connectivity index (χ0) is 10.3. The Balaban J connectivity index is 3.89. The molecule has 2 unspecified atom stereocenters. The zero-order valence-electron chi connectivity index (χ0n) is 7.47. The van der Waals surface area contributed by atoms with Gasteiger partial charge in [-0.2, -0.15) is 0 Å². The number of ether oxygens (including phenoxy) is 1. The normalized spacial score (nSPS) is 15.1. The predicted octanol–water partition coefficient (Wildman–Crippen LogP) is -1.10. The van der Waals surface area contributed by atoms with Gasteiger partial charge in [-0.05, 0) is 6.42 Å². The molecule has 0 aliphatic heterocycles. The molecule has 0 heterocycles. The highest BCUT2D eigenvalue weighted by Crippen LogP contribution is 2.02. The number of carbonyl (C=O) groups is 1. The molecule has 0 spiro atoms. The van der Waals surface area contributed by atoms with Crippen molar-refractivity contribution in [2.45, 2.75) is 32.2 Å². The highest BCUT2D eigenvalue weighted by Gasteiger charge is 2.22. The van der Waals surface area contributed by atoms with Crippen LogP contribution < -0.4 is 5.90 Å². The molecule has 0 amide bonds. The Bertz CT molecular complexity index is 152. The van der Waals surface area contributed by atoms with Crippen molar-refractivity contribution in [3.8, 4) is 0 Å². The van der Waals surface area contributed by atoms with Crippen molar-refractivity contribution in [1.82, 2.24) is 0 Å². The number of rotatable bonds is 6. The Labute approximate surface area is 76.2 Å². The first-order chi connectivity index (χ1) is 6.15. The van der Waals surface area contributed by atoms with E-state index in [1.807, 2.05) is 6.92 Å². The molecule has 0 aromatic heterocycles. The van der Waals surface area contributed by atoms with Crippen LogP contribution in [0.5, 0.6) is 0 Å². The maximum atomic E-state index is 10.9. The SMILES string of the molecule is CCCC(=O)OC(ON)C(O)CO. The molecular weight excluding hydrogens is 178 g/mol. The maximum Gasteiger partial charge on any atom is 0.308 e. The second-order valence-electron chi connectivity index (χ2n) is 2.49. The molecule has 0 rings (SSSR count). The first-order valence-electron chi connectivity index (χ1n) is 3.99. The Kier molecular flexibility index (Phi) is 6.43. The lowest BCUT2D eigenvalue weighted by Crippen LogP contribution is -2.38. The summed E-state index contributed by atoms with van der Waals surface area (Å²) >= 11 is 0. The van der Waals surface area contributed by atoms with E-state index in [0.717, 1.165) is 0 Å². The molecule has 0 radical (unpaired) electrons. The molecule has 2 atom stereocenters. The summed E-state index contributed by atoms with van der Waals surface area (Å²) in [5.74, 6) is 4.22. The molecule has 78 valence electrons. The van der Waals surface area contributed by atoms with Gasteiger partial charge in [0.1, 0.15) is 6.10 Å². The third-order valence-corrected chi connectivity index (χ3v) is 1.34. The molecule has 13 heavy (non-hydrogen) atoms. The van der Waals surface area contributed by atoms with Gasteiger partial charge in [0.05, 0.1) is 6.61 Å². The zero-order valence-corrected chi connectivity index (χ0v) is 7.47. The highest BCUT2D eigenvalue weighted by molar-refractivity contribution is 5.69. The van der Waals surface area contributed by atoms with Crippen molar-refractivity contribution < 1.29 is 24.6 Å².